The van der Waals surface area contributed by atoms with Crippen LogP contribution in [0.15, 0.2) is 60.1 Å². The number of halogens is 1. The number of amides is 1. The average molecular weight is 337 g/mol. The Kier molecular flexibility index (Phi) is 3.59. The van der Waals surface area contributed by atoms with Crippen molar-refractivity contribution in [3.05, 3.63) is 71.6 Å². The van der Waals surface area contributed by atoms with E-state index in [4.69, 9.17) is 0 Å². The monoisotopic (exact) mass is 337 g/mol. The van der Waals surface area contributed by atoms with Crippen LogP contribution in [0, 0.1) is 5.82 Å². The van der Waals surface area contributed by atoms with Gasteiger partial charge in [-0.05, 0) is 48.5 Å². The summed E-state index contributed by atoms with van der Waals surface area (Å²) >= 11 is 1.56. The van der Waals surface area contributed by atoms with Gasteiger partial charge in [-0.3, -0.25) is 4.79 Å². The first-order valence-corrected chi connectivity index (χ1v) is 8.16. The van der Waals surface area contributed by atoms with Gasteiger partial charge in [-0.25, -0.2) is 9.37 Å². The molecule has 0 fully saturated rings. The van der Waals surface area contributed by atoms with E-state index in [1.165, 1.54) is 12.1 Å². The summed E-state index contributed by atoms with van der Waals surface area (Å²) < 4.78 is 13.2. The van der Waals surface area contributed by atoms with Gasteiger partial charge in [0.2, 0.25) is 0 Å². The Labute approximate surface area is 141 Å². The van der Waals surface area contributed by atoms with Crippen molar-refractivity contribution in [1.82, 2.24) is 9.97 Å². The second-order valence-electron chi connectivity index (χ2n) is 5.28. The number of benzene rings is 2. The van der Waals surface area contributed by atoms with E-state index < -0.39 is 0 Å². The highest BCUT2D eigenvalue weighted by Crippen LogP contribution is 2.23. The van der Waals surface area contributed by atoms with Gasteiger partial charge in [-0.2, -0.15) is 0 Å². The quantitative estimate of drug-likeness (QED) is 0.570. The van der Waals surface area contributed by atoms with Crippen molar-refractivity contribution in [3.8, 4) is 10.6 Å². The Morgan fingerprint density at radius 2 is 1.96 bits per heavy atom. The lowest BCUT2D eigenvalue weighted by atomic mass is 10.2. The largest absolute Gasteiger partial charge is 0.351 e. The maximum Gasteiger partial charge on any atom is 0.272 e. The molecule has 1 amide bonds. The molecule has 4 nitrogen and oxygen atoms in total. The lowest BCUT2D eigenvalue weighted by Gasteiger charge is -2.04. The third-order valence-electron chi connectivity index (χ3n) is 3.65. The molecule has 0 unspecified atom stereocenters. The molecule has 24 heavy (non-hydrogen) atoms. The third-order valence-corrected chi connectivity index (χ3v) is 4.47. The molecule has 2 aromatic heterocycles. The van der Waals surface area contributed by atoms with Gasteiger partial charge in [0, 0.05) is 33.7 Å². The number of anilines is 1. The minimum absolute atomic E-state index is 0.270. The molecule has 0 aliphatic rings. The predicted octanol–water partition coefficient (Wildman–Crippen LogP) is 4.68. The number of nitrogens with one attached hydrogen (secondary N) is 2. The third kappa shape index (κ3) is 2.79. The molecule has 6 heteroatoms. The second-order valence-corrected chi connectivity index (χ2v) is 6.18. The molecule has 0 saturated heterocycles. The van der Waals surface area contributed by atoms with Crippen LogP contribution in [0.2, 0.25) is 0 Å². The molecule has 118 valence electrons. The first-order chi connectivity index (χ1) is 11.7. The van der Waals surface area contributed by atoms with Crippen LogP contribution in [0.25, 0.3) is 21.5 Å². The molecule has 4 rings (SSSR count). The molecule has 2 N–H and O–H groups in total. The molecule has 4 aromatic rings. The number of thiazole rings is 1. The molecule has 0 bridgehead atoms. The van der Waals surface area contributed by atoms with Crippen molar-refractivity contribution in [1.29, 1.82) is 0 Å². The highest BCUT2D eigenvalue weighted by atomic mass is 32.1. The van der Waals surface area contributed by atoms with Crippen LogP contribution >= 0.6 is 11.3 Å². The zero-order valence-corrected chi connectivity index (χ0v) is 13.2. The molecule has 0 atom stereocenters. The highest BCUT2D eigenvalue weighted by Gasteiger charge is 2.10. The molecule has 0 radical (unpaired) electrons. The van der Waals surface area contributed by atoms with Gasteiger partial charge in [0.1, 0.15) is 16.5 Å². The summed E-state index contributed by atoms with van der Waals surface area (Å²) in [5.41, 5.74) is 2.80. The van der Waals surface area contributed by atoms with Crippen molar-refractivity contribution in [2.45, 2.75) is 0 Å². The van der Waals surface area contributed by atoms with E-state index in [0.717, 1.165) is 16.1 Å². The van der Waals surface area contributed by atoms with Crippen LogP contribution in [0.1, 0.15) is 10.5 Å². The Balaban J connectivity index is 1.54. The highest BCUT2D eigenvalue weighted by molar-refractivity contribution is 7.13. The number of carbonyl (C=O) groups is 1. The van der Waals surface area contributed by atoms with Crippen LogP contribution in [0.5, 0.6) is 0 Å². The topological polar surface area (TPSA) is 57.8 Å². The fourth-order valence-corrected chi connectivity index (χ4v) is 3.13. The van der Waals surface area contributed by atoms with Crippen LogP contribution < -0.4 is 5.32 Å². The molecule has 0 aliphatic carbocycles. The Morgan fingerprint density at radius 1 is 1.12 bits per heavy atom. The summed E-state index contributed by atoms with van der Waals surface area (Å²) in [4.78, 5) is 19.6. The normalized spacial score (nSPS) is 10.9. The van der Waals surface area contributed by atoms with Crippen LogP contribution in [-0.4, -0.2) is 15.9 Å². The Morgan fingerprint density at radius 3 is 2.71 bits per heavy atom. The van der Waals surface area contributed by atoms with Gasteiger partial charge in [0.05, 0.1) is 0 Å². The van der Waals surface area contributed by atoms with E-state index in [-0.39, 0.29) is 11.7 Å². The average Bonchev–Trinajstić information content (AvgIpc) is 3.24. The van der Waals surface area contributed by atoms with Gasteiger partial charge < -0.3 is 10.3 Å². The predicted molar refractivity (Wildman–Crippen MR) is 93.8 cm³/mol. The van der Waals surface area contributed by atoms with Crippen molar-refractivity contribution < 1.29 is 9.18 Å². The lowest BCUT2D eigenvalue weighted by molar-refractivity contribution is 0.102. The van der Waals surface area contributed by atoms with Gasteiger partial charge in [0.15, 0.2) is 0 Å². The maximum atomic E-state index is 13.2. The van der Waals surface area contributed by atoms with Crippen molar-refractivity contribution in [3.63, 3.8) is 0 Å². The van der Waals surface area contributed by atoms with Crippen LogP contribution in [0.3, 0.4) is 0 Å². The number of rotatable bonds is 3. The first-order valence-electron chi connectivity index (χ1n) is 7.28. The Hall–Kier alpha value is -2.99. The summed E-state index contributed by atoms with van der Waals surface area (Å²) in [7, 11) is 0. The number of H-pyrrole nitrogens is 1. The summed E-state index contributed by atoms with van der Waals surface area (Å²) in [6.07, 6.45) is 1.76. The summed E-state index contributed by atoms with van der Waals surface area (Å²) in [5.74, 6) is -0.597. The summed E-state index contributed by atoms with van der Waals surface area (Å²) in [6.45, 7) is 0. The summed E-state index contributed by atoms with van der Waals surface area (Å²) in [5, 5.41) is 6.35. The fourth-order valence-electron chi connectivity index (χ4n) is 2.49. The minimum atomic E-state index is -0.328. The summed E-state index contributed by atoms with van der Waals surface area (Å²) in [6, 6.07) is 13.5. The fraction of sp³-hybridized carbons (Fsp3) is 0. The zero-order valence-electron chi connectivity index (χ0n) is 12.4. The van der Waals surface area contributed by atoms with E-state index in [9.17, 15) is 9.18 Å². The van der Waals surface area contributed by atoms with Crippen molar-refractivity contribution in [2.24, 2.45) is 0 Å². The smallest absolute Gasteiger partial charge is 0.272 e. The number of fused-ring (bicyclic) bond motifs is 1. The Bertz CT molecular complexity index is 1010. The van der Waals surface area contributed by atoms with Crippen molar-refractivity contribution in [2.75, 3.05) is 5.32 Å². The van der Waals surface area contributed by atoms with E-state index >= 15 is 0 Å². The molecule has 0 aliphatic heterocycles. The first kappa shape index (κ1) is 14.6. The SMILES string of the molecule is O=C(Nc1ccc(-c2nccs2)cc1)c1cc2cc(F)ccc2[nH]1. The minimum Gasteiger partial charge on any atom is -0.351 e. The van der Waals surface area contributed by atoms with Gasteiger partial charge >= 0.3 is 0 Å². The van der Waals surface area contributed by atoms with E-state index in [1.807, 2.05) is 29.6 Å². The number of hydrogen-bond donors (Lipinski definition) is 2. The molecule has 0 spiro atoms. The number of aromatic amines is 1. The lowest BCUT2D eigenvalue weighted by Crippen LogP contribution is -2.12. The maximum absolute atomic E-state index is 13.2. The van der Waals surface area contributed by atoms with Gasteiger partial charge in [-0.15, -0.1) is 11.3 Å². The molecule has 0 saturated carbocycles. The molecular formula is C18H12FN3OS. The molecular weight excluding hydrogens is 325 g/mol. The number of hydrogen-bond acceptors (Lipinski definition) is 3. The number of carbonyl (C=O) groups excluding carboxylic acids is 1. The second kappa shape index (κ2) is 5.90. The van der Waals surface area contributed by atoms with Gasteiger partial charge in [-0.1, -0.05) is 0 Å². The zero-order chi connectivity index (χ0) is 16.5. The molecule has 2 heterocycles. The number of aromatic nitrogens is 2. The number of nitrogens with zero attached hydrogens (tertiary/aromatic N) is 1. The standard InChI is InChI=1S/C18H12FN3OS/c19-13-3-6-15-12(9-13)10-16(22-15)17(23)21-14-4-1-11(2-5-14)18-20-7-8-24-18/h1-10,22H,(H,21,23). The van der Waals surface area contributed by atoms with E-state index in [1.54, 1.807) is 29.7 Å². The van der Waals surface area contributed by atoms with Gasteiger partial charge in [0.25, 0.3) is 5.91 Å². The van der Waals surface area contributed by atoms with E-state index in [0.29, 0.717) is 16.8 Å². The van der Waals surface area contributed by atoms with E-state index in [2.05, 4.69) is 15.3 Å². The van der Waals surface area contributed by atoms with Crippen molar-refractivity contribution >= 4 is 33.8 Å². The van der Waals surface area contributed by atoms with Crippen LogP contribution in [0.4, 0.5) is 10.1 Å². The van der Waals surface area contributed by atoms with Crippen LogP contribution in [-0.2, 0) is 0 Å². The molecule has 2 aromatic carbocycles.